The number of hydrogen-bond acceptors (Lipinski definition) is 7. The van der Waals surface area contributed by atoms with Gasteiger partial charge in [-0.1, -0.05) is 36.9 Å². The third kappa shape index (κ3) is 4.28. The maximum Gasteiger partial charge on any atom is 0.275 e. The Hall–Kier alpha value is -1.45. The number of nitrogens with zero attached hydrogens (tertiary/aromatic N) is 4. The zero-order chi connectivity index (χ0) is 16.1. The predicted molar refractivity (Wildman–Crippen MR) is 87.8 cm³/mol. The van der Waals surface area contributed by atoms with Gasteiger partial charge in [-0.15, -0.1) is 10.2 Å². The largest absolute Gasteiger partial charge is 0.384 e. The minimum Gasteiger partial charge on any atom is -0.384 e. The minimum atomic E-state index is -0.230. The number of carbonyl (C=O) groups excluding carboxylic acids is 1. The number of ether oxygens (including phenoxy) is 1. The number of hydrogen-bond donors (Lipinski definition) is 1. The van der Waals surface area contributed by atoms with Gasteiger partial charge < -0.3 is 4.74 Å². The molecule has 0 radical (unpaired) electrons. The summed E-state index contributed by atoms with van der Waals surface area (Å²) in [6, 6.07) is 1.80. The number of nitrogens with one attached hydrogen (secondary N) is 1. The molecular formula is C13H19N5O2S2. The highest BCUT2D eigenvalue weighted by Crippen LogP contribution is 2.25. The summed E-state index contributed by atoms with van der Waals surface area (Å²) in [6.07, 6.45) is 0. The van der Waals surface area contributed by atoms with Gasteiger partial charge in [-0.2, -0.15) is 5.10 Å². The van der Waals surface area contributed by atoms with Gasteiger partial charge in [0.2, 0.25) is 5.13 Å². The molecule has 120 valence electrons. The smallest absolute Gasteiger partial charge is 0.275 e. The molecule has 7 nitrogen and oxygen atoms in total. The standard InChI is InChI=1S/C13H19N5O2S2/c1-8(2)9-7-10(18(3)17-9)11(19)14-12-15-16-13(22-12)21-6-5-20-4/h7-8H,5-6H2,1-4H3,(H,14,15,19). The van der Waals surface area contributed by atoms with Gasteiger partial charge in [-0.3, -0.25) is 14.8 Å². The molecule has 0 aliphatic heterocycles. The third-order valence-electron chi connectivity index (χ3n) is 2.86. The number of carbonyl (C=O) groups is 1. The van der Waals surface area contributed by atoms with Crippen molar-refractivity contribution in [3.05, 3.63) is 17.5 Å². The lowest BCUT2D eigenvalue weighted by molar-refractivity contribution is 0.101. The van der Waals surface area contributed by atoms with Gasteiger partial charge in [0.15, 0.2) is 4.34 Å². The van der Waals surface area contributed by atoms with Crippen LogP contribution in [0.25, 0.3) is 0 Å². The molecule has 0 aromatic carbocycles. The number of amides is 1. The molecule has 0 fully saturated rings. The Morgan fingerprint density at radius 1 is 1.50 bits per heavy atom. The van der Waals surface area contributed by atoms with Gasteiger partial charge in [0.25, 0.3) is 5.91 Å². The van der Waals surface area contributed by atoms with Crippen molar-refractivity contribution in [3.63, 3.8) is 0 Å². The highest BCUT2D eigenvalue weighted by Gasteiger charge is 2.16. The monoisotopic (exact) mass is 341 g/mol. The van der Waals surface area contributed by atoms with Crippen LogP contribution in [0, 0.1) is 0 Å². The first-order chi connectivity index (χ1) is 10.5. The van der Waals surface area contributed by atoms with Gasteiger partial charge in [0.1, 0.15) is 5.69 Å². The highest BCUT2D eigenvalue weighted by atomic mass is 32.2. The second-order valence-electron chi connectivity index (χ2n) is 4.90. The van der Waals surface area contributed by atoms with Crippen LogP contribution >= 0.6 is 23.1 Å². The predicted octanol–water partition coefficient (Wildman–Crippen LogP) is 2.39. The Bertz CT molecular complexity index is 638. The van der Waals surface area contributed by atoms with Crippen molar-refractivity contribution < 1.29 is 9.53 Å². The molecule has 22 heavy (non-hydrogen) atoms. The Kier molecular flexibility index (Phi) is 5.92. The molecule has 0 saturated carbocycles. The number of aromatic nitrogens is 4. The third-order valence-corrected chi connectivity index (χ3v) is 4.80. The number of rotatable bonds is 7. The summed E-state index contributed by atoms with van der Waals surface area (Å²) in [5.74, 6) is 0.850. The zero-order valence-corrected chi connectivity index (χ0v) is 14.6. The molecule has 0 atom stereocenters. The van der Waals surface area contributed by atoms with Crippen LogP contribution in [-0.4, -0.2) is 45.4 Å². The summed E-state index contributed by atoms with van der Waals surface area (Å²) in [4.78, 5) is 12.3. The molecule has 2 rings (SSSR count). The van der Waals surface area contributed by atoms with E-state index in [0.717, 1.165) is 15.8 Å². The second kappa shape index (κ2) is 7.70. The summed E-state index contributed by atoms with van der Waals surface area (Å²) in [5, 5.41) is 15.6. The van der Waals surface area contributed by atoms with E-state index in [1.54, 1.807) is 36.7 Å². The Morgan fingerprint density at radius 3 is 2.91 bits per heavy atom. The van der Waals surface area contributed by atoms with Crippen molar-refractivity contribution in [1.82, 2.24) is 20.0 Å². The van der Waals surface area contributed by atoms with Crippen LogP contribution in [0.15, 0.2) is 10.4 Å². The maximum absolute atomic E-state index is 12.3. The van der Waals surface area contributed by atoms with E-state index in [0.29, 0.717) is 17.4 Å². The van der Waals surface area contributed by atoms with Gasteiger partial charge in [-0.25, -0.2) is 0 Å². The molecular weight excluding hydrogens is 322 g/mol. The van der Waals surface area contributed by atoms with Gasteiger partial charge in [-0.05, 0) is 12.0 Å². The summed E-state index contributed by atoms with van der Waals surface area (Å²) in [7, 11) is 3.42. The van der Waals surface area contributed by atoms with E-state index < -0.39 is 0 Å². The lowest BCUT2D eigenvalue weighted by atomic mass is 10.1. The number of anilines is 1. The first-order valence-corrected chi connectivity index (χ1v) is 8.62. The minimum absolute atomic E-state index is 0.230. The quantitative estimate of drug-likeness (QED) is 0.473. The Morgan fingerprint density at radius 2 is 2.27 bits per heavy atom. The SMILES string of the molecule is COCCSc1nnc(NC(=O)c2cc(C(C)C)nn2C)s1. The molecule has 9 heteroatoms. The summed E-state index contributed by atoms with van der Waals surface area (Å²) in [5.41, 5.74) is 1.40. The van der Waals surface area contributed by atoms with Crippen molar-refractivity contribution >= 4 is 34.1 Å². The molecule has 0 unspecified atom stereocenters. The normalized spacial score (nSPS) is 11.1. The lowest BCUT2D eigenvalue weighted by Crippen LogP contribution is -2.15. The first kappa shape index (κ1) is 16.9. The zero-order valence-electron chi connectivity index (χ0n) is 13.0. The van der Waals surface area contributed by atoms with Crippen molar-refractivity contribution in [2.24, 2.45) is 7.05 Å². The molecule has 0 aliphatic carbocycles. The number of aryl methyl sites for hydroxylation is 1. The number of methoxy groups -OCH3 is 1. The van der Waals surface area contributed by atoms with E-state index >= 15 is 0 Å². The van der Waals surface area contributed by atoms with Crippen molar-refractivity contribution in [2.45, 2.75) is 24.1 Å². The first-order valence-electron chi connectivity index (χ1n) is 6.81. The molecule has 2 aromatic heterocycles. The van der Waals surface area contributed by atoms with Crippen LogP contribution in [0.1, 0.15) is 35.9 Å². The van der Waals surface area contributed by atoms with Gasteiger partial charge in [0, 0.05) is 19.9 Å². The van der Waals surface area contributed by atoms with Crippen molar-refractivity contribution in [3.8, 4) is 0 Å². The van der Waals surface area contributed by atoms with Gasteiger partial charge >= 0.3 is 0 Å². The molecule has 0 bridgehead atoms. The van der Waals surface area contributed by atoms with Crippen LogP contribution in [-0.2, 0) is 11.8 Å². The van der Waals surface area contributed by atoms with Crippen molar-refractivity contribution in [2.75, 3.05) is 24.8 Å². The van der Waals surface area contributed by atoms with Crippen LogP contribution in [0.3, 0.4) is 0 Å². The molecule has 0 saturated heterocycles. The van der Waals surface area contributed by atoms with E-state index in [9.17, 15) is 4.79 Å². The van der Waals surface area contributed by atoms with Crippen LogP contribution in [0.4, 0.5) is 5.13 Å². The fourth-order valence-corrected chi connectivity index (χ4v) is 3.39. The Balaban J connectivity index is 2.00. The van der Waals surface area contributed by atoms with E-state index in [1.165, 1.54) is 11.3 Å². The van der Waals surface area contributed by atoms with Crippen LogP contribution in [0.2, 0.25) is 0 Å². The fraction of sp³-hybridized carbons (Fsp3) is 0.538. The van der Waals surface area contributed by atoms with E-state index in [-0.39, 0.29) is 11.8 Å². The Labute approximate surface area is 137 Å². The average Bonchev–Trinajstić information content (AvgIpc) is 3.06. The molecule has 1 N–H and O–H groups in total. The fourth-order valence-electron chi connectivity index (χ4n) is 1.68. The summed E-state index contributed by atoms with van der Waals surface area (Å²) >= 11 is 2.90. The van der Waals surface area contributed by atoms with Crippen molar-refractivity contribution in [1.29, 1.82) is 0 Å². The average molecular weight is 341 g/mol. The van der Waals surface area contributed by atoms with Crippen LogP contribution in [0.5, 0.6) is 0 Å². The highest BCUT2D eigenvalue weighted by molar-refractivity contribution is 8.01. The van der Waals surface area contributed by atoms with E-state index in [4.69, 9.17) is 4.74 Å². The molecule has 2 aromatic rings. The molecule has 2 heterocycles. The lowest BCUT2D eigenvalue weighted by Gasteiger charge is -2.00. The molecule has 1 amide bonds. The van der Waals surface area contributed by atoms with Crippen LogP contribution < -0.4 is 5.32 Å². The molecule has 0 aliphatic rings. The maximum atomic E-state index is 12.3. The van der Waals surface area contributed by atoms with Gasteiger partial charge in [0.05, 0.1) is 12.3 Å². The second-order valence-corrected chi connectivity index (χ2v) is 7.22. The van der Waals surface area contributed by atoms with E-state index in [1.807, 2.05) is 13.8 Å². The summed E-state index contributed by atoms with van der Waals surface area (Å²) < 4.78 is 7.37. The number of thioether (sulfide) groups is 1. The van der Waals surface area contributed by atoms with E-state index in [2.05, 4.69) is 20.6 Å². The topological polar surface area (TPSA) is 81.9 Å². The molecule has 0 spiro atoms. The summed E-state index contributed by atoms with van der Waals surface area (Å²) in [6.45, 7) is 4.73.